The molecule has 1 unspecified atom stereocenters. The zero-order valence-electron chi connectivity index (χ0n) is 8.70. The average molecular weight is 192 g/mol. The van der Waals surface area contributed by atoms with Gasteiger partial charge in [-0.3, -0.25) is 0 Å². The van der Waals surface area contributed by atoms with Gasteiger partial charge in [0, 0.05) is 19.1 Å². The fourth-order valence-electron chi connectivity index (χ4n) is 1.66. The summed E-state index contributed by atoms with van der Waals surface area (Å²) < 4.78 is 0. The number of hydrogen-bond acceptors (Lipinski definition) is 4. The Morgan fingerprint density at radius 1 is 1.50 bits per heavy atom. The molecule has 2 rings (SSSR count). The van der Waals surface area contributed by atoms with Crippen LogP contribution in [-0.4, -0.2) is 29.3 Å². The summed E-state index contributed by atoms with van der Waals surface area (Å²) >= 11 is 0. The summed E-state index contributed by atoms with van der Waals surface area (Å²) in [4.78, 5) is 2.22. The maximum atomic E-state index is 5.64. The predicted octanol–water partition coefficient (Wildman–Crippen LogP) is 0.631. The van der Waals surface area contributed by atoms with Gasteiger partial charge >= 0.3 is 0 Å². The zero-order chi connectivity index (χ0) is 10.1. The third kappa shape index (κ3) is 1.46. The van der Waals surface area contributed by atoms with Gasteiger partial charge in [0.1, 0.15) is 0 Å². The number of aromatic nitrogens is 2. The van der Waals surface area contributed by atoms with Gasteiger partial charge in [-0.05, 0) is 31.9 Å². The molecule has 0 radical (unpaired) electrons. The topological polar surface area (TPSA) is 55.0 Å². The van der Waals surface area contributed by atoms with Gasteiger partial charge in [-0.2, -0.15) is 5.10 Å². The lowest BCUT2D eigenvalue weighted by atomic mass is 10.0. The summed E-state index contributed by atoms with van der Waals surface area (Å²) in [5.41, 5.74) is 7.83. The number of anilines is 1. The molecule has 1 aromatic rings. The summed E-state index contributed by atoms with van der Waals surface area (Å²) in [7, 11) is 0. The van der Waals surface area contributed by atoms with Crippen molar-refractivity contribution in [3.05, 3.63) is 17.3 Å². The Morgan fingerprint density at radius 3 is 2.79 bits per heavy atom. The van der Waals surface area contributed by atoms with E-state index in [0.29, 0.717) is 12.6 Å². The molecule has 0 bridgehead atoms. The molecule has 76 valence electrons. The lowest BCUT2D eigenvalue weighted by Gasteiger charge is -2.41. The molecule has 2 N–H and O–H groups in total. The summed E-state index contributed by atoms with van der Waals surface area (Å²) in [6.45, 7) is 5.79. The van der Waals surface area contributed by atoms with Gasteiger partial charge in [0.05, 0.1) is 5.69 Å². The van der Waals surface area contributed by atoms with Crippen LogP contribution in [0.15, 0.2) is 6.07 Å². The first-order valence-corrected chi connectivity index (χ1v) is 5.00. The van der Waals surface area contributed by atoms with E-state index in [-0.39, 0.29) is 0 Å². The number of nitrogens with two attached hydrogens (primary N) is 1. The highest BCUT2D eigenvalue weighted by molar-refractivity contribution is 5.44. The van der Waals surface area contributed by atoms with Crippen molar-refractivity contribution in [3.8, 4) is 0 Å². The second-order valence-electron chi connectivity index (χ2n) is 3.84. The Labute approximate surface area is 84.1 Å². The predicted molar refractivity (Wildman–Crippen MR) is 56.3 cm³/mol. The van der Waals surface area contributed by atoms with Crippen LogP contribution in [0.5, 0.6) is 0 Å². The Kier molecular flexibility index (Phi) is 2.37. The molecule has 1 saturated heterocycles. The molecule has 0 amide bonds. The van der Waals surface area contributed by atoms with Gasteiger partial charge in [-0.15, -0.1) is 5.10 Å². The molecule has 1 aliphatic rings. The highest BCUT2D eigenvalue weighted by Crippen LogP contribution is 2.24. The van der Waals surface area contributed by atoms with Crippen molar-refractivity contribution < 1.29 is 0 Å². The highest BCUT2D eigenvalue weighted by atomic mass is 15.3. The second-order valence-corrected chi connectivity index (χ2v) is 3.84. The Hall–Kier alpha value is -1.16. The third-order valence-electron chi connectivity index (χ3n) is 2.93. The van der Waals surface area contributed by atoms with Crippen LogP contribution in [0.2, 0.25) is 0 Å². The Bertz CT molecular complexity index is 335. The summed E-state index contributed by atoms with van der Waals surface area (Å²) in [5, 5.41) is 8.30. The molecular weight excluding hydrogens is 176 g/mol. The highest BCUT2D eigenvalue weighted by Gasteiger charge is 2.27. The quantitative estimate of drug-likeness (QED) is 0.746. The SMILES string of the molecule is Cc1cc(N2CCC2CN)nnc1C. The van der Waals surface area contributed by atoms with Crippen molar-refractivity contribution in [2.45, 2.75) is 26.3 Å². The number of nitrogens with zero attached hydrogens (tertiary/aromatic N) is 3. The molecule has 14 heavy (non-hydrogen) atoms. The molecule has 1 aromatic heterocycles. The van der Waals surface area contributed by atoms with Gasteiger partial charge in [0.25, 0.3) is 0 Å². The van der Waals surface area contributed by atoms with Crippen molar-refractivity contribution in [3.63, 3.8) is 0 Å². The first-order valence-electron chi connectivity index (χ1n) is 5.00. The monoisotopic (exact) mass is 192 g/mol. The molecule has 1 fully saturated rings. The van der Waals surface area contributed by atoms with E-state index in [0.717, 1.165) is 18.1 Å². The van der Waals surface area contributed by atoms with Crippen molar-refractivity contribution in [2.75, 3.05) is 18.0 Å². The standard InChI is InChI=1S/C10H16N4/c1-7-5-10(13-12-8(7)2)14-4-3-9(14)6-11/h5,9H,3-4,6,11H2,1-2H3. The first-order chi connectivity index (χ1) is 6.72. The second kappa shape index (κ2) is 3.53. The lowest BCUT2D eigenvalue weighted by molar-refractivity contribution is 0.450. The van der Waals surface area contributed by atoms with E-state index in [1.807, 2.05) is 6.92 Å². The zero-order valence-corrected chi connectivity index (χ0v) is 8.70. The fraction of sp³-hybridized carbons (Fsp3) is 0.600. The minimum Gasteiger partial charge on any atom is -0.351 e. The van der Waals surface area contributed by atoms with Gasteiger partial charge in [0.15, 0.2) is 5.82 Å². The van der Waals surface area contributed by atoms with Crippen LogP contribution in [0.1, 0.15) is 17.7 Å². The van der Waals surface area contributed by atoms with Crippen LogP contribution in [0.25, 0.3) is 0 Å². The van der Waals surface area contributed by atoms with E-state index >= 15 is 0 Å². The van der Waals surface area contributed by atoms with E-state index < -0.39 is 0 Å². The van der Waals surface area contributed by atoms with E-state index in [2.05, 4.69) is 28.1 Å². The van der Waals surface area contributed by atoms with Crippen LogP contribution in [-0.2, 0) is 0 Å². The molecule has 0 saturated carbocycles. The van der Waals surface area contributed by atoms with Crippen molar-refractivity contribution in [1.29, 1.82) is 0 Å². The van der Waals surface area contributed by atoms with Gasteiger partial charge in [-0.1, -0.05) is 0 Å². The van der Waals surface area contributed by atoms with Crippen LogP contribution in [0, 0.1) is 13.8 Å². The summed E-state index contributed by atoms with van der Waals surface area (Å²) in [6.07, 6.45) is 1.17. The number of aryl methyl sites for hydroxylation is 2. The van der Waals surface area contributed by atoms with E-state index in [1.165, 1.54) is 12.0 Å². The van der Waals surface area contributed by atoms with Crippen LogP contribution < -0.4 is 10.6 Å². The largest absolute Gasteiger partial charge is 0.351 e. The minimum atomic E-state index is 0.464. The summed E-state index contributed by atoms with van der Waals surface area (Å²) in [5.74, 6) is 0.967. The molecule has 0 spiro atoms. The molecule has 2 heterocycles. The number of hydrogen-bond donors (Lipinski definition) is 1. The van der Waals surface area contributed by atoms with Gasteiger partial charge < -0.3 is 10.6 Å². The molecule has 0 aromatic carbocycles. The van der Waals surface area contributed by atoms with Crippen molar-refractivity contribution in [2.24, 2.45) is 5.73 Å². The van der Waals surface area contributed by atoms with Crippen molar-refractivity contribution >= 4 is 5.82 Å². The molecular formula is C10H16N4. The van der Waals surface area contributed by atoms with Crippen molar-refractivity contribution in [1.82, 2.24) is 10.2 Å². The molecule has 4 heteroatoms. The maximum absolute atomic E-state index is 5.64. The van der Waals surface area contributed by atoms with Gasteiger partial charge in [-0.25, -0.2) is 0 Å². The minimum absolute atomic E-state index is 0.464. The van der Waals surface area contributed by atoms with E-state index in [1.54, 1.807) is 0 Å². The number of rotatable bonds is 2. The van der Waals surface area contributed by atoms with E-state index in [9.17, 15) is 0 Å². The molecule has 0 aliphatic carbocycles. The molecule has 1 atom stereocenters. The van der Waals surface area contributed by atoms with E-state index in [4.69, 9.17) is 5.73 Å². The smallest absolute Gasteiger partial charge is 0.151 e. The normalized spacial score (nSPS) is 20.8. The van der Waals surface area contributed by atoms with Crippen LogP contribution >= 0.6 is 0 Å². The first kappa shape index (κ1) is 9.40. The van der Waals surface area contributed by atoms with Gasteiger partial charge in [0.2, 0.25) is 0 Å². The fourth-order valence-corrected chi connectivity index (χ4v) is 1.66. The maximum Gasteiger partial charge on any atom is 0.151 e. The average Bonchev–Trinajstić information content (AvgIpc) is 2.10. The van der Waals surface area contributed by atoms with Crippen LogP contribution in [0.4, 0.5) is 5.82 Å². The van der Waals surface area contributed by atoms with Crippen LogP contribution in [0.3, 0.4) is 0 Å². The molecule has 4 nitrogen and oxygen atoms in total. The Morgan fingerprint density at radius 2 is 2.29 bits per heavy atom. The molecule has 1 aliphatic heterocycles. The lowest BCUT2D eigenvalue weighted by Crippen LogP contribution is -2.52. The Balaban J connectivity index is 2.20. The summed E-state index contributed by atoms with van der Waals surface area (Å²) in [6, 6.07) is 2.55. The third-order valence-corrected chi connectivity index (χ3v) is 2.93.